The van der Waals surface area contributed by atoms with Crippen LogP contribution in [0.2, 0.25) is 0 Å². The Kier molecular flexibility index (Phi) is 7.41. The second-order valence-corrected chi connectivity index (χ2v) is 8.50. The number of aryl methyl sites for hydroxylation is 2. The van der Waals surface area contributed by atoms with Gasteiger partial charge in [0.25, 0.3) is 17.7 Å². The van der Waals surface area contributed by atoms with Crippen molar-refractivity contribution < 1.29 is 19.1 Å². The van der Waals surface area contributed by atoms with E-state index in [0.29, 0.717) is 22.7 Å². The summed E-state index contributed by atoms with van der Waals surface area (Å²) in [5.41, 5.74) is 3.98. The van der Waals surface area contributed by atoms with Crippen LogP contribution < -0.4 is 20.3 Å². The average molecular weight is 504 g/mol. The third kappa shape index (κ3) is 4.70. The van der Waals surface area contributed by atoms with Crippen LogP contribution >= 0.6 is 11.6 Å². The van der Waals surface area contributed by atoms with E-state index in [9.17, 15) is 14.4 Å². The van der Waals surface area contributed by atoms with E-state index in [0.717, 1.165) is 34.6 Å². The number of imide groups is 1. The predicted octanol–water partition coefficient (Wildman–Crippen LogP) is 5.51. The van der Waals surface area contributed by atoms with E-state index in [-0.39, 0.29) is 16.6 Å². The highest BCUT2D eigenvalue weighted by Crippen LogP contribution is 2.35. The van der Waals surface area contributed by atoms with Crippen molar-refractivity contribution in [1.82, 2.24) is 0 Å². The quantitative estimate of drug-likeness (QED) is 0.396. The molecule has 0 aliphatic carbocycles. The molecule has 3 aromatic carbocycles. The Bertz CT molecular complexity index is 1360. The lowest BCUT2D eigenvalue weighted by Crippen LogP contribution is -2.32. The zero-order valence-electron chi connectivity index (χ0n) is 20.2. The molecule has 1 heterocycles. The van der Waals surface area contributed by atoms with Crippen LogP contribution in [0.4, 0.5) is 17.1 Å². The van der Waals surface area contributed by atoms with Gasteiger partial charge in [0.2, 0.25) is 0 Å². The fourth-order valence-electron chi connectivity index (χ4n) is 4.12. The second-order valence-electron chi connectivity index (χ2n) is 8.12. The number of carbonyl (C=O) groups is 3. The molecule has 0 fully saturated rings. The molecule has 0 saturated carbocycles. The highest BCUT2D eigenvalue weighted by molar-refractivity contribution is 6.53. The molecule has 3 aromatic rings. The van der Waals surface area contributed by atoms with Gasteiger partial charge in [-0.15, -0.1) is 0 Å². The van der Waals surface area contributed by atoms with Crippen molar-refractivity contribution in [1.29, 1.82) is 0 Å². The van der Waals surface area contributed by atoms with Crippen molar-refractivity contribution in [2.45, 2.75) is 26.7 Å². The number of rotatable bonds is 8. The average Bonchev–Trinajstić information content (AvgIpc) is 3.11. The number of carbonyl (C=O) groups excluding carboxylic acids is 3. The molecule has 4 rings (SSSR count). The molecule has 0 radical (unpaired) electrons. The van der Waals surface area contributed by atoms with Crippen LogP contribution in [0.15, 0.2) is 77.5 Å². The summed E-state index contributed by atoms with van der Waals surface area (Å²) in [5, 5.41) is 5.72. The minimum absolute atomic E-state index is 0.0743. The van der Waals surface area contributed by atoms with E-state index >= 15 is 0 Å². The van der Waals surface area contributed by atoms with Crippen LogP contribution in [-0.4, -0.2) is 24.8 Å². The topological polar surface area (TPSA) is 87.7 Å². The normalized spacial score (nSPS) is 13.3. The summed E-state index contributed by atoms with van der Waals surface area (Å²) >= 11 is 6.28. The first-order chi connectivity index (χ1) is 17.4. The van der Waals surface area contributed by atoms with Crippen LogP contribution in [0, 0.1) is 0 Å². The van der Waals surface area contributed by atoms with Gasteiger partial charge in [-0.3, -0.25) is 14.4 Å². The van der Waals surface area contributed by atoms with Crippen LogP contribution in [-0.2, 0) is 22.4 Å². The Balaban J connectivity index is 1.58. The largest absolute Gasteiger partial charge is 0.495 e. The predicted molar refractivity (Wildman–Crippen MR) is 142 cm³/mol. The molecule has 2 N–H and O–H groups in total. The molecule has 8 heteroatoms. The van der Waals surface area contributed by atoms with Gasteiger partial charge in [0.05, 0.1) is 12.8 Å². The number of benzene rings is 3. The minimum Gasteiger partial charge on any atom is -0.495 e. The molecule has 36 heavy (non-hydrogen) atoms. The molecule has 0 bridgehead atoms. The summed E-state index contributed by atoms with van der Waals surface area (Å²) < 4.78 is 5.29. The highest BCUT2D eigenvalue weighted by atomic mass is 35.5. The number of nitrogens with zero attached hydrogens (tertiary/aromatic N) is 1. The van der Waals surface area contributed by atoms with E-state index in [1.807, 2.05) is 32.0 Å². The number of ether oxygens (including phenoxy) is 1. The number of nitrogens with one attached hydrogen (secondary N) is 2. The van der Waals surface area contributed by atoms with E-state index in [2.05, 4.69) is 10.6 Å². The molecule has 3 amide bonds. The number of hydrogen-bond donors (Lipinski definition) is 2. The maximum absolute atomic E-state index is 13.2. The van der Waals surface area contributed by atoms with Gasteiger partial charge >= 0.3 is 0 Å². The molecule has 7 nitrogen and oxygen atoms in total. The van der Waals surface area contributed by atoms with Crippen molar-refractivity contribution >= 4 is 46.4 Å². The summed E-state index contributed by atoms with van der Waals surface area (Å²) in [5.74, 6) is -1.19. The maximum atomic E-state index is 13.2. The van der Waals surface area contributed by atoms with Gasteiger partial charge in [-0.05, 0) is 54.3 Å². The number of anilines is 3. The first-order valence-electron chi connectivity index (χ1n) is 11.6. The van der Waals surface area contributed by atoms with Crippen molar-refractivity contribution in [2.24, 2.45) is 0 Å². The van der Waals surface area contributed by atoms with Crippen LogP contribution in [0.5, 0.6) is 5.75 Å². The Hall–Kier alpha value is -4.10. The fourth-order valence-corrected chi connectivity index (χ4v) is 4.33. The third-order valence-corrected chi connectivity index (χ3v) is 6.34. The number of amides is 3. The summed E-state index contributed by atoms with van der Waals surface area (Å²) in [7, 11) is 1.46. The van der Waals surface area contributed by atoms with Crippen molar-refractivity contribution in [2.75, 3.05) is 22.6 Å². The summed E-state index contributed by atoms with van der Waals surface area (Å²) in [6.45, 7) is 4.08. The highest BCUT2D eigenvalue weighted by Gasteiger charge is 2.40. The number of halogens is 1. The zero-order valence-corrected chi connectivity index (χ0v) is 21.0. The molecule has 0 aromatic heterocycles. The zero-order chi connectivity index (χ0) is 25.8. The fraction of sp³-hybridized carbons (Fsp3) is 0.179. The van der Waals surface area contributed by atoms with Crippen LogP contribution in [0.3, 0.4) is 0 Å². The lowest BCUT2D eigenvalue weighted by Gasteiger charge is -2.18. The molecular formula is C28H26ClN3O4. The standard InChI is InChI=1S/C28H26ClN3O4/c1-4-17-10-8-11-18(5-2)24(17)31-26(33)19-12-9-13-20(16-19)30-25-23(29)27(34)32(28(25)35)21-14-6-7-15-22(21)36-3/h6-16,30H,4-5H2,1-3H3,(H,31,33). The van der Waals surface area contributed by atoms with Gasteiger partial charge < -0.3 is 15.4 Å². The van der Waals surface area contributed by atoms with Gasteiger partial charge in [0.1, 0.15) is 16.5 Å². The minimum atomic E-state index is -0.661. The van der Waals surface area contributed by atoms with Gasteiger partial charge in [0.15, 0.2) is 0 Å². The number of hydrogen-bond acceptors (Lipinski definition) is 5. The Morgan fingerprint density at radius 2 is 1.58 bits per heavy atom. The van der Waals surface area contributed by atoms with E-state index < -0.39 is 11.8 Å². The number of para-hydroxylation sites is 3. The van der Waals surface area contributed by atoms with Crippen molar-refractivity contribution in [3.63, 3.8) is 0 Å². The lowest BCUT2D eigenvalue weighted by molar-refractivity contribution is -0.120. The molecule has 0 unspecified atom stereocenters. The molecule has 1 aliphatic heterocycles. The Morgan fingerprint density at radius 1 is 0.917 bits per heavy atom. The van der Waals surface area contributed by atoms with E-state index in [4.69, 9.17) is 16.3 Å². The second kappa shape index (κ2) is 10.7. The first-order valence-corrected chi connectivity index (χ1v) is 12.0. The molecule has 0 saturated heterocycles. The Labute approximate surface area is 214 Å². The number of methoxy groups -OCH3 is 1. The lowest BCUT2D eigenvalue weighted by atomic mass is 10.0. The molecule has 0 spiro atoms. The summed E-state index contributed by atoms with van der Waals surface area (Å²) in [4.78, 5) is 40.1. The summed E-state index contributed by atoms with van der Waals surface area (Å²) in [6, 6.07) is 19.3. The molecular weight excluding hydrogens is 478 g/mol. The molecule has 1 aliphatic rings. The van der Waals surface area contributed by atoms with Crippen LogP contribution in [0.1, 0.15) is 35.3 Å². The smallest absolute Gasteiger partial charge is 0.283 e. The summed E-state index contributed by atoms with van der Waals surface area (Å²) in [6.07, 6.45) is 1.58. The SMILES string of the molecule is CCc1cccc(CC)c1NC(=O)c1cccc(NC2=C(Cl)C(=O)N(c3ccccc3OC)C2=O)c1. The Morgan fingerprint density at radius 3 is 2.25 bits per heavy atom. The van der Waals surface area contributed by atoms with Crippen molar-refractivity contribution in [3.8, 4) is 5.75 Å². The first kappa shape index (κ1) is 25.0. The third-order valence-electron chi connectivity index (χ3n) is 5.98. The van der Waals surface area contributed by atoms with Gasteiger partial charge in [0, 0.05) is 16.9 Å². The monoisotopic (exact) mass is 503 g/mol. The van der Waals surface area contributed by atoms with Crippen molar-refractivity contribution in [3.05, 3.63) is 94.1 Å². The van der Waals surface area contributed by atoms with E-state index in [1.165, 1.54) is 7.11 Å². The molecule has 184 valence electrons. The van der Waals surface area contributed by atoms with E-state index in [1.54, 1.807) is 48.5 Å². The van der Waals surface area contributed by atoms with Gasteiger partial charge in [-0.2, -0.15) is 0 Å². The van der Waals surface area contributed by atoms with Gasteiger partial charge in [-0.25, -0.2) is 4.90 Å². The van der Waals surface area contributed by atoms with Gasteiger partial charge in [-0.1, -0.05) is 61.8 Å². The van der Waals surface area contributed by atoms with Crippen LogP contribution in [0.25, 0.3) is 0 Å². The molecule has 0 atom stereocenters. The maximum Gasteiger partial charge on any atom is 0.283 e.